The monoisotopic (exact) mass is 211 g/mol. The molecular formula is C9H13N3OS. The number of hydrogen-bond acceptors (Lipinski definition) is 4. The number of carbonyl (C=O) groups is 1. The van der Waals surface area contributed by atoms with Gasteiger partial charge in [0.25, 0.3) is 5.91 Å². The molecule has 0 N–H and O–H groups in total. The van der Waals surface area contributed by atoms with Gasteiger partial charge in [0.1, 0.15) is 0 Å². The lowest BCUT2D eigenvalue weighted by molar-refractivity contribution is 0.0756. The summed E-state index contributed by atoms with van der Waals surface area (Å²) in [5, 5.41) is 5.51. The van der Waals surface area contributed by atoms with Crippen molar-refractivity contribution >= 4 is 17.4 Å². The number of hydrogen-bond donors (Lipinski definition) is 0. The van der Waals surface area contributed by atoms with E-state index in [1.54, 1.807) is 5.38 Å². The van der Waals surface area contributed by atoms with E-state index < -0.39 is 0 Å². The second-order valence-corrected chi connectivity index (χ2v) is 4.11. The minimum absolute atomic E-state index is 0.0423. The van der Waals surface area contributed by atoms with Crippen LogP contribution in [0.4, 0.5) is 0 Å². The highest BCUT2D eigenvalue weighted by molar-refractivity contribution is 7.03. The predicted molar refractivity (Wildman–Crippen MR) is 54.3 cm³/mol. The quantitative estimate of drug-likeness (QED) is 0.708. The Morgan fingerprint density at radius 2 is 2.00 bits per heavy atom. The smallest absolute Gasteiger partial charge is 0.275 e. The summed E-state index contributed by atoms with van der Waals surface area (Å²) in [4.78, 5) is 13.7. The maximum Gasteiger partial charge on any atom is 0.275 e. The van der Waals surface area contributed by atoms with Crippen LogP contribution in [0, 0.1) is 0 Å². The molecule has 1 amide bonds. The number of rotatable bonds is 1. The van der Waals surface area contributed by atoms with Crippen LogP contribution in [0.3, 0.4) is 0 Å². The maximum atomic E-state index is 11.8. The zero-order valence-electron chi connectivity index (χ0n) is 7.98. The van der Waals surface area contributed by atoms with E-state index >= 15 is 0 Å². The SMILES string of the molecule is O=C(c1csnn1)N1CCCCCC1. The molecule has 0 saturated carbocycles. The predicted octanol–water partition coefficient (Wildman–Crippen LogP) is 1.55. The van der Waals surface area contributed by atoms with Gasteiger partial charge in [-0.2, -0.15) is 0 Å². The number of aromatic nitrogens is 2. The molecule has 76 valence electrons. The Balaban J connectivity index is 2.03. The van der Waals surface area contributed by atoms with Gasteiger partial charge < -0.3 is 4.90 Å². The molecule has 5 heteroatoms. The topological polar surface area (TPSA) is 46.1 Å². The number of nitrogens with zero attached hydrogens (tertiary/aromatic N) is 3. The lowest BCUT2D eigenvalue weighted by atomic mass is 10.2. The molecule has 1 aliphatic rings. The molecule has 4 nitrogen and oxygen atoms in total. The largest absolute Gasteiger partial charge is 0.337 e. The average molecular weight is 211 g/mol. The molecule has 1 fully saturated rings. The van der Waals surface area contributed by atoms with Gasteiger partial charge in [-0.3, -0.25) is 4.79 Å². The number of carbonyl (C=O) groups excluding carboxylic acids is 1. The Bertz CT molecular complexity index is 291. The van der Waals surface area contributed by atoms with E-state index in [4.69, 9.17) is 0 Å². The van der Waals surface area contributed by atoms with Crippen molar-refractivity contribution in [3.8, 4) is 0 Å². The molecule has 14 heavy (non-hydrogen) atoms. The minimum Gasteiger partial charge on any atom is -0.337 e. The lowest BCUT2D eigenvalue weighted by Crippen LogP contribution is -2.32. The number of likely N-dealkylation sites (tertiary alicyclic amines) is 1. The fourth-order valence-corrected chi connectivity index (χ4v) is 2.12. The van der Waals surface area contributed by atoms with Crippen LogP contribution in [0.2, 0.25) is 0 Å². The highest BCUT2D eigenvalue weighted by Gasteiger charge is 2.18. The van der Waals surface area contributed by atoms with Gasteiger partial charge in [0, 0.05) is 18.5 Å². The first-order valence-electron chi connectivity index (χ1n) is 4.94. The zero-order chi connectivity index (χ0) is 9.80. The van der Waals surface area contributed by atoms with E-state index in [-0.39, 0.29) is 5.91 Å². The second kappa shape index (κ2) is 4.50. The van der Waals surface area contributed by atoms with Crippen LogP contribution in [0.15, 0.2) is 5.38 Å². The average Bonchev–Trinajstić information content (AvgIpc) is 2.59. The van der Waals surface area contributed by atoms with Crippen molar-refractivity contribution in [1.29, 1.82) is 0 Å². The number of amides is 1. The third kappa shape index (κ3) is 2.09. The van der Waals surface area contributed by atoms with Gasteiger partial charge in [0.15, 0.2) is 5.69 Å². The highest BCUT2D eigenvalue weighted by atomic mass is 32.1. The Labute approximate surface area is 87.1 Å². The third-order valence-electron chi connectivity index (χ3n) is 2.47. The van der Waals surface area contributed by atoms with Gasteiger partial charge in [-0.05, 0) is 24.4 Å². The second-order valence-electron chi connectivity index (χ2n) is 3.50. The molecule has 0 atom stereocenters. The maximum absolute atomic E-state index is 11.8. The van der Waals surface area contributed by atoms with Gasteiger partial charge >= 0.3 is 0 Å². The van der Waals surface area contributed by atoms with Gasteiger partial charge in [0.05, 0.1) is 0 Å². The van der Waals surface area contributed by atoms with Crippen molar-refractivity contribution in [1.82, 2.24) is 14.5 Å². The summed E-state index contributed by atoms with van der Waals surface area (Å²) >= 11 is 1.23. The van der Waals surface area contributed by atoms with Crippen LogP contribution in [0.1, 0.15) is 36.2 Å². The Morgan fingerprint density at radius 3 is 2.57 bits per heavy atom. The van der Waals surface area contributed by atoms with Crippen molar-refractivity contribution in [2.75, 3.05) is 13.1 Å². The molecule has 0 aromatic carbocycles. The van der Waals surface area contributed by atoms with Crippen molar-refractivity contribution in [3.05, 3.63) is 11.1 Å². The molecule has 1 aromatic rings. The molecule has 1 aliphatic heterocycles. The van der Waals surface area contributed by atoms with E-state index in [1.807, 2.05) is 4.90 Å². The summed E-state index contributed by atoms with van der Waals surface area (Å²) < 4.78 is 3.71. The highest BCUT2D eigenvalue weighted by Crippen LogP contribution is 2.12. The van der Waals surface area contributed by atoms with Crippen LogP contribution < -0.4 is 0 Å². The summed E-state index contributed by atoms with van der Waals surface area (Å²) in [6.07, 6.45) is 4.70. The fraction of sp³-hybridized carbons (Fsp3) is 0.667. The van der Waals surface area contributed by atoms with E-state index in [9.17, 15) is 4.79 Å². The summed E-state index contributed by atoms with van der Waals surface area (Å²) in [5.74, 6) is 0.0423. The van der Waals surface area contributed by atoms with Crippen molar-refractivity contribution in [2.24, 2.45) is 0 Å². The molecule has 2 rings (SSSR count). The first-order valence-corrected chi connectivity index (χ1v) is 5.78. The van der Waals surface area contributed by atoms with Crippen LogP contribution >= 0.6 is 11.5 Å². The first-order chi connectivity index (χ1) is 6.88. The molecular weight excluding hydrogens is 198 g/mol. The molecule has 0 radical (unpaired) electrons. The zero-order valence-corrected chi connectivity index (χ0v) is 8.79. The summed E-state index contributed by atoms with van der Waals surface area (Å²) in [6.45, 7) is 1.74. The summed E-state index contributed by atoms with van der Waals surface area (Å²) in [5.41, 5.74) is 0.497. The molecule has 2 heterocycles. The van der Waals surface area contributed by atoms with E-state index in [2.05, 4.69) is 9.59 Å². The van der Waals surface area contributed by atoms with Gasteiger partial charge in [-0.15, -0.1) is 5.10 Å². The normalized spacial score (nSPS) is 17.9. The first kappa shape index (κ1) is 9.58. The van der Waals surface area contributed by atoms with Crippen LogP contribution in [0.5, 0.6) is 0 Å². The van der Waals surface area contributed by atoms with Crippen molar-refractivity contribution in [2.45, 2.75) is 25.7 Å². The summed E-state index contributed by atoms with van der Waals surface area (Å²) in [7, 11) is 0. The molecule has 0 spiro atoms. The van der Waals surface area contributed by atoms with Gasteiger partial charge in [-0.25, -0.2) is 0 Å². The van der Waals surface area contributed by atoms with Crippen LogP contribution in [-0.4, -0.2) is 33.5 Å². The van der Waals surface area contributed by atoms with E-state index in [1.165, 1.54) is 24.4 Å². The molecule has 1 aromatic heterocycles. The van der Waals surface area contributed by atoms with E-state index in [0.29, 0.717) is 5.69 Å². The van der Waals surface area contributed by atoms with Crippen LogP contribution in [-0.2, 0) is 0 Å². The van der Waals surface area contributed by atoms with Crippen molar-refractivity contribution in [3.63, 3.8) is 0 Å². The molecule has 0 unspecified atom stereocenters. The van der Waals surface area contributed by atoms with E-state index in [0.717, 1.165) is 25.9 Å². The Kier molecular flexibility index (Phi) is 3.08. The van der Waals surface area contributed by atoms with Gasteiger partial charge in [0.2, 0.25) is 0 Å². The third-order valence-corrected chi connectivity index (χ3v) is 2.98. The minimum atomic E-state index is 0.0423. The fourth-order valence-electron chi connectivity index (χ4n) is 1.69. The molecule has 1 saturated heterocycles. The Hall–Kier alpha value is -0.970. The van der Waals surface area contributed by atoms with Crippen LogP contribution in [0.25, 0.3) is 0 Å². The molecule has 0 aliphatic carbocycles. The Morgan fingerprint density at radius 1 is 1.29 bits per heavy atom. The van der Waals surface area contributed by atoms with Crippen molar-refractivity contribution < 1.29 is 4.79 Å². The lowest BCUT2D eigenvalue weighted by Gasteiger charge is -2.18. The standard InChI is InChI=1S/C9H13N3OS/c13-9(8-7-14-11-10-8)12-5-3-1-2-4-6-12/h7H,1-6H2. The van der Waals surface area contributed by atoms with Gasteiger partial charge in [-0.1, -0.05) is 17.3 Å². The summed E-state index contributed by atoms with van der Waals surface area (Å²) in [6, 6.07) is 0. The molecule has 0 bridgehead atoms.